The van der Waals surface area contributed by atoms with Crippen molar-refractivity contribution in [2.24, 2.45) is 5.92 Å². The predicted molar refractivity (Wildman–Crippen MR) is 94.8 cm³/mol. The summed E-state index contributed by atoms with van der Waals surface area (Å²) in [6.07, 6.45) is 7.85. The molecule has 0 aromatic carbocycles. The highest BCUT2D eigenvalue weighted by Gasteiger charge is 2.05. The molecule has 0 bridgehead atoms. The van der Waals surface area contributed by atoms with Crippen molar-refractivity contribution in [3.63, 3.8) is 0 Å². The van der Waals surface area contributed by atoms with Gasteiger partial charge in [-0.2, -0.15) is 0 Å². The van der Waals surface area contributed by atoms with E-state index in [1.165, 1.54) is 38.5 Å². The largest absolute Gasteiger partial charge is 0.394 e. The molecule has 0 saturated carbocycles. The summed E-state index contributed by atoms with van der Waals surface area (Å²) >= 11 is 0. The lowest BCUT2D eigenvalue weighted by Crippen LogP contribution is -2.32. The van der Waals surface area contributed by atoms with Crippen LogP contribution in [0.3, 0.4) is 0 Å². The van der Waals surface area contributed by atoms with E-state index in [1.54, 1.807) is 0 Å². The Morgan fingerprint density at radius 1 is 0.696 bits per heavy atom. The van der Waals surface area contributed by atoms with Gasteiger partial charge in [-0.3, -0.25) is 4.90 Å². The summed E-state index contributed by atoms with van der Waals surface area (Å²) in [5.41, 5.74) is 0. The van der Waals surface area contributed by atoms with Crippen LogP contribution in [-0.2, 0) is 9.47 Å². The molecule has 0 aliphatic carbocycles. The smallest absolute Gasteiger partial charge is 0.0698 e. The summed E-state index contributed by atoms with van der Waals surface area (Å²) in [6, 6.07) is 0. The summed E-state index contributed by atoms with van der Waals surface area (Å²) in [5, 5.41) is 17.5. The molecule has 0 unspecified atom stereocenters. The normalized spacial score (nSPS) is 11.7. The zero-order valence-corrected chi connectivity index (χ0v) is 15.3. The average molecular weight is 334 g/mol. The molecule has 0 aliphatic heterocycles. The molecule has 0 spiro atoms. The van der Waals surface area contributed by atoms with E-state index < -0.39 is 0 Å². The maximum atomic E-state index is 8.73. The molecule has 0 saturated heterocycles. The van der Waals surface area contributed by atoms with Gasteiger partial charge in [-0.15, -0.1) is 0 Å². The monoisotopic (exact) mass is 333 g/mol. The van der Waals surface area contributed by atoms with Crippen molar-refractivity contribution in [1.82, 2.24) is 4.90 Å². The summed E-state index contributed by atoms with van der Waals surface area (Å²) < 4.78 is 10.7. The minimum Gasteiger partial charge on any atom is -0.394 e. The lowest BCUT2D eigenvalue weighted by Gasteiger charge is -2.22. The van der Waals surface area contributed by atoms with Crippen molar-refractivity contribution in [3.8, 4) is 0 Å². The first-order chi connectivity index (χ1) is 11.2. The van der Waals surface area contributed by atoms with Crippen LogP contribution in [0.5, 0.6) is 0 Å². The Balaban J connectivity index is 3.68. The van der Waals surface area contributed by atoms with Crippen molar-refractivity contribution >= 4 is 0 Å². The molecule has 0 aromatic rings. The van der Waals surface area contributed by atoms with Crippen LogP contribution in [-0.4, -0.2) is 74.4 Å². The summed E-state index contributed by atoms with van der Waals surface area (Å²) in [7, 11) is 0. The van der Waals surface area contributed by atoms with Crippen molar-refractivity contribution in [2.75, 3.05) is 59.3 Å². The fourth-order valence-electron chi connectivity index (χ4n) is 2.47. The van der Waals surface area contributed by atoms with Crippen molar-refractivity contribution in [3.05, 3.63) is 0 Å². The standard InChI is InChI=1S/C18H39NO4/c1-18(2)8-6-4-3-5-7-9-19(10-14-22-16-12-20)11-15-23-17-13-21/h18,20-21H,3-17H2,1-2H3. The molecule has 5 heteroatoms. The molecule has 0 rings (SSSR count). The van der Waals surface area contributed by atoms with E-state index in [0.717, 1.165) is 25.6 Å². The Bertz CT molecular complexity index is 215. The predicted octanol–water partition coefficient (Wildman–Crippen LogP) is 2.30. The van der Waals surface area contributed by atoms with Gasteiger partial charge in [-0.25, -0.2) is 0 Å². The molecular weight excluding hydrogens is 294 g/mol. The lowest BCUT2D eigenvalue weighted by atomic mass is 10.0. The number of ether oxygens (including phenoxy) is 2. The highest BCUT2D eigenvalue weighted by Crippen LogP contribution is 2.10. The highest BCUT2D eigenvalue weighted by atomic mass is 16.5. The van der Waals surface area contributed by atoms with Crippen LogP contribution in [0.1, 0.15) is 52.4 Å². The first-order valence-electron chi connectivity index (χ1n) is 9.30. The quantitative estimate of drug-likeness (QED) is 0.377. The maximum Gasteiger partial charge on any atom is 0.0698 e. The molecule has 0 atom stereocenters. The Labute approximate surface area is 143 Å². The Kier molecular flexibility index (Phi) is 18.0. The lowest BCUT2D eigenvalue weighted by molar-refractivity contribution is 0.0503. The Hall–Kier alpha value is -0.200. The van der Waals surface area contributed by atoms with Gasteiger partial charge in [0.2, 0.25) is 0 Å². The van der Waals surface area contributed by atoms with Gasteiger partial charge in [0, 0.05) is 13.1 Å². The molecule has 0 fully saturated rings. The van der Waals surface area contributed by atoms with Crippen LogP contribution in [0.25, 0.3) is 0 Å². The van der Waals surface area contributed by atoms with Crippen LogP contribution in [0, 0.1) is 5.92 Å². The van der Waals surface area contributed by atoms with Gasteiger partial charge >= 0.3 is 0 Å². The first kappa shape index (κ1) is 22.8. The Morgan fingerprint density at radius 2 is 1.22 bits per heavy atom. The molecule has 0 aliphatic rings. The number of unbranched alkanes of at least 4 members (excludes halogenated alkanes) is 4. The molecular formula is C18H39NO4. The maximum absolute atomic E-state index is 8.73. The number of rotatable bonds is 18. The molecule has 0 radical (unpaired) electrons. The fraction of sp³-hybridized carbons (Fsp3) is 1.00. The van der Waals surface area contributed by atoms with Gasteiger partial charge in [0.1, 0.15) is 0 Å². The molecule has 23 heavy (non-hydrogen) atoms. The molecule has 0 amide bonds. The number of nitrogens with zero attached hydrogens (tertiary/aromatic N) is 1. The summed E-state index contributed by atoms with van der Waals surface area (Å²) in [5.74, 6) is 0.823. The van der Waals surface area contributed by atoms with Gasteiger partial charge in [0.15, 0.2) is 0 Å². The van der Waals surface area contributed by atoms with E-state index in [-0.39, 0.29) is 13.2 Å². The zero-order chi connectivity index (χ0) is 17.2. The van der Waals surface area contributed by atoms with Crippen LogP contribution in [0.4, 0.5) is 0 Å². The van der Waals surface area contributed by atoms with Crippen molar-refractivity contribution in [1.29, 1.82) is 0 Å². The van der Waals surface area contributed by atoms with E-state index in [4.69, 9.17) is 19.7 Å². The molecule has 140 valence electrons. The number of aliphatic hydroxyl groups is 2. The molecule has 0 heterocycles. The van der Waals surface area contributed by atoms with Gasteiger partial charge < -0.3 is 19.7 Å². The van der Waals surface area contributed by atoms with Crippen LogP contribution in [0.15, 0.2) is 0 Å². The van der Waals surface area contributed by atoms with E-state index in [2.05, 4.69) is 18.7 Å². The second-order valence-corrected chi connectivity index (χ2v) is 6.46. The minimum atomic E-state index is 0.0794. The second-order valence-electron chi connectivity index (χ2n) is 6.46. The highest BCUT2D eigenvalue weighted by molar-refractivity contribution is 4.58. The number of aliphatic hydroxyl groups excluding tert-OH is 2. The van der Waals surface area contributed by atoms with E-state index in [9.17, 15) is 0 Å². The van der Waals surface area contributed by atoms with Gasteiger partial charge in [-0.1, -0.05) is 46.0 Å². The summed E-state index contributed by atoms with van der Waals surface area (Å²) in [6.45, 7) is 9.65. The number of hydrogen-bond acceptors (Lipinski definition) is 5. The molecule has 2 N–H and O–H groups in total. The third kappa shape index (κ3) is 18.0. The van der Waals surface area contributed by atoms with Crippen LogP contribution < -0.4 is 0 Å². The molecule has 0 aromatic heterocycles. The Morgan fingerprint density at radius 3 is 1.74 bits per heavy atom. The third-order valence-corrected chi connectivity index (χ3v) is 3.83. The van der Waals surface area contributed by atoms with E-state index in [1.807, 2.05) is 0 Å². The van der Waals surface area contributed by atoms with Gasteiger partial charge in [0.25, 0.3) is 0 Å². The summed E-state index contributed by atoms with van der Waals surface area (Å²) in [4.78, 5) is 2.35. The molecule has 5 nitrogen and oxygen atoms in total. The van der Waals surface area contributed by atoms with Gasteiger partial charge in [-0.05, 0) is 18.9 Å². The van der Waals surface area contributed by atoms with E-state index in [0.29, 0.717) is 26.4 Å². The fourth-order valence-corrected chi connectivity index (χ4v) is 2.47. The van der Waals surface area contributed by atoms with Crippen LogP contribution in [0.2, 0.25) is 0 Å². The first-order valence-corrected chi connectivity index (χ1v) is 9.30. The van der Waals surface area contributed by atoms with Crippen molar-refractivity contribution < 1.29 is 19.7 Å². The average Bonchev–Trinajstić information content (AvgIpc) is 2.53. The van der Waals surface area contributed by atoms with Gasteiger partial charge in [0.05, 0.1) is 39.6 Å². The zero-order valence-electron chi connectivity index (χ0n) is 15.3. The van der Waals surface area contributed by atoms with Crippen LogP contribution >= 0.6 is 0 Å². The second kappa shape index (κ2) is 18.1. The third-order valence-electron chi connectivity index (χ3n) is 3.83. The van der Waals surface area contributed by atoms with Crippen molar-refractivity contribution in [2.45, 2.75) is 52.4 Å². The minimum absolute atomic E-state index is 0.0794. The van der Waals surface area contributed by atoms with E-state index >= 15 is 0 Å². The topological polar surface area (TPSA) is 62.2 Å². The number of hydrogen-bond donors (Lipinski definition) is 2. The SMILES string of the molecule is CC(C)CCCCCCCN(CCOCCO)CCOCCO.